The van der Waals surface area contributed by atoms with Crippen LogP contribution >= 0.6 is 0 Å². The summed E-state index contributed by atoms with van der Waals surface area (Å²) in [5.41, 5.74) is 5.36. The Bertz CT molecular complexity index is 391. The Morgan fingerprint density at radius 3 is 2.47 bits per heavy atom. The minimum absolute atomic E-state index is 0.0189. The molecule has 2 rings (SSSR count). The summed E-state index contributed by atoms with van der Waals surface area (Å²) in [6.45, 7) is 5.41. The molecule has 0 radical (unpaired) electrons. The third-order valence-corrected chi connectivity index (χ3v) is 3.86. The van der Waals surface area contributed by atoms with Gasteiger partial charge in [-0.05, 0) is 40.0 Å². The molecule has 0 saturated carbocycles. The summed E-state index contributed by atoms with van der Waals surface area (Å²) in [6, 6.07) is -0.694. The van der Waals surface area contributed by atoms with E-state index in [1.807, 2.05) is 0 Å². The van der Waals surface area contributed by atoms with Crippen LogP contribution in [0.25, 0.3) is 0 Å². The monoisotopic (exact) mass is 270 g/mol. The second-order valence-corrected chi connectivity index (χ2v) is 6.45. The fraction of sp³-hybridized carbons (Fsp3) is 0.846. The number of nitrogens with two attached hydrogens (primary N) is 1. The SMILES string of the molecule is CC(C)(C)OC(=O)N1C2CCC1C(C(=O)O)C(N)C2. The van der Waals surface area contributed by atoms with E-state index in [0.717, 1.165) is 6.42 Å². The largest absolute Gasteiger partial charge is 0.481 e. The summed E-state index contributed by atoms with van der Waals surface area (Å²) in [4.78, 5) is 25.2. The maximum atomic E-state index is 12.2. The van der Waals surface area contributed by atoms with Crippen LogP contribution in [-0.2, 0) is 9.53 Å². The first-order valence-electron chi connectivity index (χ1n) is 6.70. The standard InChI is InChI=1S/C13H22N2O4/c1-13(2,3)19-12(18)15-7-4-5-9(15)10(11(16)17)8(14)6-7/h7-10H,4-6,14H2,1-3H3,(H,16,17). The van der Waals surface area contributed by atoms with E-state index < -0.39 is 23.6 Å². The maximum Gasteiger partial charge on any atom is 0.410 e. The van der Waals surface area contributed by atoms with Crippen LogP contribution < -0.4 is 5.73 Å². The molecule has 0 aromatic carbocycles. The van der Waals surface area contributed by atoms with Gasteiger partial charge >= 0.3 is 12.1 Å². The van der Waals surface area contributed by atoms with Crippen molar-refractivity contribution in [3.63, 3.8) is 0 Å². The van der Waals surface area contributed by atoms with E-state index in [2.05, 4.69) is 0 Å². The number of rotatable bonds is 1. The predicted molar refractivity (Wildman–Crippen MR) is 68.6 cm³/mol. The van der Waals surface area contributed by atoms with Crippen LogP contribution in [0.4, 0.5) is 4.79 Å². The molecule has 0 aromatic heterocycles. The van der Waals surface area contributed by atoms with Crippen molar-refractivity contribution in [2.45, 2.75) is 63.8 Å². The number of nitrogens with zero attached hydrogens (tertiary/aromatic N) is 1. The van der Waals surface area contributed by atoms with Gasteiger partial charge in [-0.15, -0.1) is 0 Å². The van der Waals surface area contributed by atoms with Gasteiger partial charge in [-0.3, -0.25) is 4.79 Å². The first kappa shape index (κ1) is 14.1. The molecule has 2 bridgehead atoms. The number of carbonyl (C=O) groups is 2. The quantitative estimate of drug-likeness (QED) is 0.746. The molecule has 1 amide bonds. The number of carbonyl (C=O) groups excluding carboxylic acids is 1. The van der Waals surface area contributed by atoms with E-state index in [-0.39, 0.29) is 18.1 Å². The average molecular weight is 270 g/mol. The molecular formula is C13H22N2O4. The molecule has 3 N–H and O–H groups in total. The van der Waals surface area contributed by atoms with Gasteiger partial charge < -0.3 is 20.5 Å². The predicted octanol–water partition coefficient (Wildman–Crippen LogP) is 1.19. The topological polar surface area (TPSA) is 92.9 Å². The maximum absolute atomic E-state index is 12.2. The normalized spacial score (nSPS) is 34.2. The lowest BCUT2D eigenvalue weighted by Crippen LogP contribution is -2.58. The molecule has 0 aromatic rings. The first-order chi connectivity index (χ1) is 8.70. The summed E-state index contributed by atoms with van der Waals surface area (Å²) in [5.74, 6) is -1.61. The molecule has 2 saturated heterocycles. The summed E-state index contributed by atoms with van der Waals surface area (Å²) in [5, 5.41) is 9.30. The smallest absolute Gasteiger partial charge is 0.410 e. The highest BCUT2D eigenvalue weighted by Gasteiger charge is 2.52. The minimum atomic E-state index is -0.925. The molecule has 0 aliphatic carbocycles. The average Bonchev–Trinajstić information content (AvgIpc) is 2.51. The number of hydrogen-bond acceptors (Lipinski definition) is 4. The number of amides is 1. The van der Waals surface area contributed by atoms with E-state index in [9.17, 15) is 14.7 Å². The summed E-state index contributed by atoms with van der Waals surface area (Å²) in [6.07, 6.45) is 1.61. The van der Waals surface area contributed by atoms with Crippen LogP contribution in [0, 0.1) is 5.92 Å². The number of hydrogen-bond donors (Lipinski definition) is 2. The van der Waals surface area contributed by atoms with Gasteiger partial charge in [0.25, 0.3) is 0 Å². The molecular weight excluding hydrogens is 248 g/mol. The second-order valence-electron chi connectivity index (χ2n) is 6.45. The molecule has 2 aliphatic heterocycles. The van der Waals surface area contributed by atoms with Gasteiger partial charge in [-0.1, -0.05) is 0 Å². The lowest BCUT2D eigenvalue weighted by atomic mass is 9.86. The van der Waals surface area contributed by atoms with Crippen molar-refractivity contribution in [3.8, 4) is 0 Å². The van der Waals surface area contributed by atoms with Gasteiger partial charge in [0.15, 0.2) is 0 Å². The summed E-state index contributed by atoms with van der Waals surface area (Å²) in [7, 11) is 0. The minimum Gasteiger partial charge on any atom is -0.481 e. The van der Waals surface area contributed by atoms with Crippen molar-refractivity contribution in [2.24, 2.45) is 11.7 Å². The van der Waals surface area contributed by atoms with Gasteiger partial charge in [-0.2, -0.15) is 0 Å². The molecule has 2 fully saturated rings. The fourth-order valence-electron chi connectivity index (χ4n) is 3.19. The van der Waals surface area contributed by atoms with E-state index >= 15 is 0 Å². The Morgan fingerprint density at radius 1 is 1.32 bits per heavy atom. The molecule has 6 heteroatoms. The molecule has 0 spiro atoms. The Balaban J connectivity index is 2.18. The van der Waals surface area contributed by atoms with Crippen LogP contribution in [0.15, 0.2) is 0 Å². The van der Waals surface area contributed by atoms with Crippen molar-refractivity contribution in [3.05, 3.63) is 0 Å². The summed E-state index contributed by atoms with van der Waals surface area (Å²) >= 11 is 0. The van der Waals surface area contributed by atoms with Crippen LogP contribution in [0.3, 0.4) is 0 Å². The third-order valence-electron chi connectivity index (χ3n) is 3.86. The van der Waals surface area contributed by atoms with Crippen LogP contribution in [0.5, 0.6) is 0 Å². The lowest BCUT2D eigenvalue weighted by molar-refractivity contribution is -0.146. The zero-order valence-electron chi connectivity index (χ0n) is 11.6. The van der Waals surface area contributed by atoms with Gasteiger partial charge in [0.05, 0.1) is 12.0 Å². The third kappa shape index (κ3) is 2.68. The first-order valence-corrected chi connectivity index (χ1v) is 6.70. The molecule has 4 unspecified atom stereocenters. The second kappa shape index (κ2) is 4.67. The number of carboxylic acids is 1. The lowest BCUT2D eigenvalue weighted by Gasteiger charge is -2.41. The molecule has 19 heavy (non-hydrogen) atoms. The zero-order chi connectivity index (χ0) is 14.4. The highest BCUT2D eigenvalue weighted by atomic mass is 16.6. The molecule has 6 nitrogen and oxygen atoms in total. The Labute approximate surface area is 112 Å². The Hall–Kier alpha value is -1.30. The van der Waals surface area contributed by atoms with Gasteiger partial charge in [0.2, 0.25) is 0 Å². The van der Waals surface area contributed by atoms with E-state index in [4.69, 9.17) is 10.5 Å². The van der Waals surface area contributed by atoms with Crippen LogP contribution in [0.1, 0.15) is 40.0 Å². The Morgan fingerprint density at radius 2 is 1.95 bits per heavy atom. The molecule has 2 heterocycles. The number of aliphatic carboxylic acids is 1. The molecule has 4 atom stereocenters. The number of piperidine rings is 1. The number of fused-ring (bicyclic) bond motifs is 2. The van der Waals surface area contributed by atoms with E-state index in [1.54, 1.807) is 25.7 Å². The van der Waals surface area contributed by atoms with Crippen molar-refractivity contribution < 1.29 is 19.4 Å². The fourth-order valence-corrected chi connectivity index (χ4v) is 3.19. The van der Waals surface area contributed by atoms with Crippen LogP contribution in [-0.4, -0.2) is 45.8 Å². The van der Waals surface area contributed by atoms with Crippen molar-refractivity contribution in [2.75, 3.05) is 0 Å². The highest BCUT2D eigenvalue weighted by Crippen LogP contribution is 2.39. The number of ether oxygens (including phenoxy) is 1. The highest BCUT2D eigenvalue weighted by molar-refractivity contribution is 5.76. The van der Waals surface area contributed by atoms with Gasteiger partial charge in [0, 0.05) is 12.1 Å². The van der Waals surface area contributed by atoms with E-state index in [0.29, 0.717) is 12.8 Å². The summed E-state index contributed by atoms with van der Waals surface area (Å²) < 4.78 is 5.37. The van der Waals surface area contributed by atoms with Gasteiger partial charge in [-0.25, -0.2) is 4.79 Å². The Kier molecular flexibility index (Phi) is 3.47. The van der Waals surface area contributed by atoms with Crippen molar-refractivity contribution >= 4 is 12.1 Å². The van der Waals surface area contributed by atoms with Crippen LogP contribution in [0.2, 0.25) is 0 Å². The molecule has 108 valence electrons. The molecule has 2 aliphatic rings. The van der Waals surface area contributed by atoms with Crippen molar-refractivity contribution in [1.82, 2.24) is 4.90 Å². The van der Waals surface area contributed by atoms with Gasteiger partial charge in [0.1, 0.15) is 5.60 Å². The zero-order valence-corrected chi connectivity index (χ0v) is 11.6. The van der Waals surface area contributed by atoms with E-state index in [1.165, 1.54) is 0 Å². The van der Waals surface area contributed by atoms with Crippen molar-refractivity contribution in [1.29, 1.82) is 0 Å². The number of carboxylic acid groups (broad SMARTS) is 1.